The molecule has 1 rings (SSSR count). The molecule has 0 aliphatic heterocycles. The second kappa shape index (κ2) is 4.67. The second-order valence-electron chi connectivity index (χ2n) is 4.83. The van der Waals surface area contributed by atoms with Crippen LogP contribution in [-0.4, -0.2) is 15.3 Å². The molecule has 78 valence electrons. The third kappa shape index (κ3) is 3.88. The summed E-state index contributed by atoms with van der Waals surface area (Å²) in [5.41, 5.74) is 0. The van der Waals surface area contributed by atoms with Gasteiger partial charge in [-0.3, -0.25) is 0 Å². The van der Waals surface area contributed by atoms with E-state index in [4.69, 9.17) is 0 Å². The highest BCUT2D eigenvalue weighted by atomic mass is 32.2. The summed E-state index contributed by atoms with van der Waals surface area (Å²) in [4.78, 5) is 0. The lowest BCUT2D eigenvalue weighted by Gasteiger charge is -2.29. The Labute approximate surface area is 84.8 Å². The summed E-state index contributed by atoms with van der Waals surface area (Å²) in [7, 11) is 0. The molecule has 0 aromatic rings. The first kappa shape index (κ1) is 11.3. The highest BCUT2D eigenvalue weighted by Gasteiger charge is 2.29. The average molecular weight is 203 g/mol. The van der Waals surface area contributed by atoms with Gasteiger partial charge in [-0.1, -0.05) is 19.3 Å². The Hall–Kier alpha value is 0.270. The summed E-state index contributed by atoms with van der Waals surface area (Å²) in [6, 6.07) is 0.494. The predicted molar refractivity (Wildman–Crippen MR) is 57.9 cm³/mol. The molecular weight excluding hydrogens is 182 g/mol. The van der Waals surface area contributed by atoms with Crippen LogP contribution in [0, 0.1) is 0 Å². The molecule has 1 aliphatic carbocycles. The fourth-order valence-electron chi connectivity index (χ4n) is 1.55. The molecule has 3 heteroatoms. The lowest BCUT2D eigenvalue weighted by molar-refractivity contribution is 0.407. The van der Waals surface area contributed by atoms with Crippen LogP contribution in [0.25, 0.3) is 0 Å². The van der Waals surface area contributed by atoms with Gasteiger partial charge < -0.3 is 4.55 Å². The zero-order valence-electron chi connectivity index (χ0n) is 8.93. The van der Waals surface area contributed by atoms with Gasteiger partial charge in [-0.25, -0.2) is 0 Å². The van der Waals surface area contributed by atoms with Gasteiger partial charge in [0.05, 0.1) is 6.04 Å². The zero-order valence-corrected chi connectivity index (χ0v) is 9.75. The van der Waals surface area contributed by atoms with Crippen LogP contribution in [0.3, 0.4) is 0 Å². The molecule has 0 unspecified atom stereocenters. The number of hydrogen-bond donors (Lipinski definition) is 1. The standard InChI is InChI=1S/C10H21NOS/c1-10(2,3)13(12)11-9-7-5-4-6-8-9/h9,11H,4-8H2,1-3H3/t13-/m0/s1. The van der Waals surface area contributed by atoms with Gasteiger partial charge in [-0.2, -0.15) is 0 Å². The Morgan fingerprint density at radius 3 is 2.15 bits per heavy atom. The van der Waals surface area contributed by atoms with Crippen LogP contribution >= 0.6 is 0 Å². The van der Waals surface area contributed by atoms with Gasteiger partial charge in [0.25, 0.3) is 0 Å². The summed E-state index contributed by atoms with van der Waals surface area (Å²) in [6.07, 6.45) is 6.32. The van der Waals surface area contributed by atoms with Gasteiger partial charge in [0.2, 0.25) is 0 Å². The van der Waals surface area contributed by atoms with Gasteiger partial charge >= 0.3 is 0 Å². The molecule has 1 aliphatic rings. The topological polar surface area (TPSA) is 35.1 Å². The highest BCUT2D eigenvalue weighted by Crippen LogP contribution is 2.21. The van der Waals surface area contributed by atoms with E-state index in [9.17, 15) is 4.55 Å². The average Bonchev–Trinajstić information content (AvgIpc) is 2.04. The minimum Gasteiger partial charge on any atom is -0.598 e. The SMILES string of the molecule is CC(C)(C)[S@+]([O-])NC1CCCCC1. The molecule has 0 amide bonds. The van der Waals surface area contributed by atoms with E-state index < -0.39 is 11.4 Å². The molecule has 0 spiro atoms. The van der Waals surface area contributed by atoms with E-state index in [-0.39, 0.29) is 4.75 Å². The first-order valence-corrected chi connectivity index (χ1v) is 6.33. The number of nitrogens with one attached hydrogen (secondary N) is 1. The van der Waals surface area contributed by atoms with Crippen molar-refractivity contribution >= 4 is 11.4 Å². The second-order valence-corrected chi connectivity index (χ2v) is 6.83. The summed E-state index contributed by atoms with van der Waals surface area (Å²) < 4.78 is 14.8. The Kier molecular flexibility index (Phi) is 4.07. The Morgan fingerprint density at radius 1 is 1.15 bits per heavy atom. The molecule has 1 atom stereocenters. The number of hydrogen-bond acceptors (Lipinski definition) is 2. The van der Waals surface area contributed by atoms with Crippen molar-refractivity contribution in [1.82, 2.24) is 4.72 Å². The minimum atomic E-state index is -0.885. The van der Waals surface area contributed by atoms with E-state index in [1.54, 1.807) is 0 Å². The molecule has 2 nitrogen and oxygen atoms in total. The van der Waals surface area contributed by atoms with E-state index >= 15 is 0 Å². The molecule has 13 heavy (non-hydrogen) atoms. The molecule has 1 saturated carbocycles. The predicted octanol–water partition coefficient (Wildman–Crippen LogP) is 2.37. The normalized spacial score (nSPS) is 23.1. The highest BCUT2D eigenvalue weighted by molar-refractivity contribution is 7.90. The summed E-state index contributed by atoms with van der Waals surface area (Å²) in [6.45, 7) is 6.04. The van der Waals surface area contributed by atoms with Crippen molar-refractivity contribution < 1.29 is 4.55 Å². The van der Waals surface area contributed by atoms with Gasteiger partial charge in [0.15, 0.2) is 0 Å². The van der Waals surface area contributed by atoms with E-state index in [2.05, 4.69) is 4.72 Å². The van der Waals surface area contributed by atoms with Crippen LogP contribution in [0.15, 0.2) is 0 Å². The van der Waals surface area contributed by atoms with Crippen LogP contribution in [0.1, 0.15) is 52.9 Å². The molecule has 1 fully saturated rings. The molecule has 0 aromatic carbocycles. The van der Waals surface area contributed by atoms with Crippen LogP contribution < -0.4 is 4.72 Å². The fraction of sp³-hybridized carbons (Fsp3) is 1.00. The van der Waals surface area contributed by atoms with Gasteiger partial charge in [-0.15, -0.1) is 4.72 Å². The van der Waals surface area contributed by atoms with Crippen molar-refractivity contribution in [3.05, 3.63) is 0 Å². The smallest absolute Gasteiger partial charge is 0.136 e. The summed E-state index contributed by atoms with van der Waals surface area (Å²) in [5, 5.41) is 0. The lowest BCUT2D eigenvalue weighted by atomic mass is 9.96. The summed E-state index contributed by atoms with van der Waals surface area (Å²) in [5.74, 6) is 0. The van der Waals surface area contributed by atoms with E-state index in [1.165, 1.54) is 32.1 Å². The minimum absolute atomic E-state index is 0.128. The van der Waals surface area contributed by atoms with E-state index in [1.807, 2.05) is 20.8 Å². The van der Waals surface area contributed by atoms with Gasteiger partial charge in [0, 0.05) is 11.4 Å². The monoisotopic (exact) mass is 203 g/mol. The lowest BCUT2D eigenvalue weighted by Crippen LogP contribution is -2.45. The van der Waals surface area contributed by atoms with Crippen molar-refractivity contribution in [3.8, 4) is 0 Å². The quantitative estimate of drug-likeness (QED) is 0.699. The van der Waals surface area contributed by atoms with Crippen LogP contribution in [0.2, 0.25) is 0 Å². The maximum absolute atomic E-state index is 11.7. The van der Waals surface area contributed by atoms with Crippen LogP contribution in [0.5, 0.6) is 0 Å². The van der Waals surface area contributed by atoms with Crippen molar-refractivity contribution in [2.24, 2.45) is 0 Å². The molecular formula is C10H21NOS. The molecule has 0 aromatic heterocycles. The van der Waals surface area contributed by atoms with Gasteiger partial charge in [-0.05, 0) is 33.6 Å². The number of rotatable bonds is 2. The van der Waals surface area contributed by atoms with Crippen molar-refractivity contribution in [2.45, 2.75) is 63.7 Å². The largest absolute Gasteiger partial charge is 0.598 e. The molecule has 0 saturated heterocycles. The van der Waals surface area contributed by atoms with Gasteiger partial charge in [0.1, 0.15) is 4.75 Å². The Bertz CT molecular complexity index is 149. The maximum Gasteiger partial charge on any atom is 0.136 e. The van der Waals surface area contributed by atoms with Crippen molar-refractivity contribution in [2.75, 3.05) is 0 Å². The third-order valence-corrected chi connectivity index (χ3v) is 4.09. The van der Waals surface area contributed by atoms with Crippen LogP contribution in [-0.2, 0) is 11.4 Å². The Morgan fingerprint density at radius 2 is 1.69 bits per heavy atom. The third-order valence-electron chi connectivity index (χ3n) is 2.44. The summed E-state index contributed by atoms with van der Waals surface area (Å²) >= 11 is -0.885. The maximum atomic E-state index is 11.7. The zero-order chi connectivity index (χ0) is 9.90. The molecule has 0 bridgehead atoms. The first-order valence-electron chi connectivity index (χ1n) is 5.18. The van der Waals surface area contributed by atoms with E-state index in [0.29, 0.717) is 6.04 Å². The van der Waals surface area contributed by atoms with Crippen molar-refractivity contribution in [1.29, 1.82) is 0 Å². The first-order chi connectivity index (χ1) is 6.00. The Balaban J connectivity index is 2.30. The fourth-order valence-corrected chi connectivity index (χ4v) is 2.44. The molecule has 1 N–H and O–H groups in total. The van der Waals surface area contributed by atoms with Crippen LogP contribution in [0.4, 0.5) is 0 Å². The van der Waals surface area contributed by atoms with Crippen molar-refractivity contribution in [3.63, 3.8) is 0 Å². The van der Waals surface area contributed by atoms with E-state index in [0.717, 1.165) is 0 Å². The molecule has 0 heterocycles. The molecule has 0 radical (unpaired) electrons.